The van der Waals surface area contributed by atoms with Crippen LogP contribution in [0.4, 0.5) is 0 Å². The van der Waals surface area contributed by atoms with Crippen LogP contribution in [0.3, 0.4) is 0 Å². The summed E-state index contributed by atoms with van der Waals surface area (Å²) in [6.45, 7) is 2.42. The summed E-state index contributed by atoms with van der Waals surface area (Å²) >= 11 is 0. The molecule has 1 heterocycles. The van der Waals surface area contributed by atoms with Crippen LogP contribution in [-0.2, 0) is 9.84 Å². The van der Waals surface area contributed by atoms with Crippen molar-refractivity contribution >= 4 is 15.5 Å². The molecule has 0 aromatic heterocycles. The molecular formula is C11H13NO2S. The third-order valence-corrected chi connectivity index (χ3v) is 4.92. The Morgan fingerprint density at radius 1 is 1.27 bits per heavy atom. The van der Waals surface area contributed by atoms with Gasteiger partial charge in [0, 0.05) is 12.3 Å². The van der Waals surface area contributed by atoms with Crippen molar-refractivity contribution in [2.24, 2.45) is 4.99 Å². The van der Waals surface area contributed by atoms with Crippen molar-refractivity contribution in [3.63, 3.8) is 0 Å². The van der Waals surface area contributed by atoms with Gasteiger partial charge in [-0.15, -0.1) is 0 Å². The first-order valence-electron chi connectivity index (χ1n) is 4.92. The Kier molecular flexibility index (Phi) is 2.61. The fourth-order valence-corrected chi connectivity index (χ4v) is 3.63. The number of sulfone groups is 1. The predicted molar refractivity (Wildman–Crippen MR) is 60.0 cm³/mol. The van der Waals surface area contributed by atoms with Gasteiger partial charge in [-0.2, -0.15) is 0 Å². The first kappa shape index (κ1) is 10.4. The molecule has 0 fully saturated rings. The topological polar surface area (TPSA) is 46.5 Å². The van der Waals surface area contributed by atoms with Crippen LogP contribution in [0.15, 0.2) is 40.2 Å². The smallest absolute Gasteiger partial charge is 0.186 e. The van der Waals surface area contributed by atoms with Gasteiger partial charge in [-0.25, -0.2) is 8.42 Å². The van der Waals surface area contributed by atoms with Gasteiger partial charge in [0.25, 0.3) is 0 Å². The molecule has 0 amide bonds. The van der Waals surface area contributed by atoms with Gasteiger partial charge < -0.3 is 0 Å². The lowest BCUT2D eigenvalue weighted by Crippen LogP contribution is -2.25. The van der Waals surface area contributed by atoms with Crippen LogP contribution in [0.2, 0.25) is 0 Å². The van der Waals surface area contributed by atoms with Gasteiger partial charge in [-0.1, -0.05) is 18.2 Å². The standard InChI is InChI=1S/C11H13NO2S/c1-9-11(7-8-12-9)15(13,14)10-5-3-2-4-6-10/h2-6,11H,7-8H2,1H3. The molecule has 0 saturated carbocycles. The second-order valence-corrected chi connectivity index (χ2v) is 5.79. The van der Waals surface area contributed by atoms with Crippen LogP contribution >= 0.6 is 0 Å². The van der Waals surface area contributed by atoms with Gasteiger partial charge in [0.1, 0.15) is 5.25 Å². The van der Waals surface area contributed by atoms with Crippen molar-refractivity contribution < 1.29 is 8.42 Å². The minimum Gasteiger partial charge on any atom is -0.293 e. The maximum absolute atomic E-state index is 12.2. The molecule has 1 aliphatic rings. The molecule has 0 spiro atoms. The van der Waals surface area contributed by atoms with Crippen molar-refractivity contribution in [2.45, 2.75) is 23.5 Å². The summed E-state index contributed by atoms with van der Waals surface area (Å²) in [5.74, 6) is 0. The summed E-state index contributed by atoms with van der Waals surface area (Å²) in [7, 11) is -3.22. The Hall–Kier alpha value is -1.16. The molecule has 4 heteroatoms. The van der Waals surface area contributed by atoms with Gasteiger partial charge in [-0.05, 0) is 25.5 Å². The van der Waals surface area contributed by atoms with E-state index < -0.39 is 15.1 Å². The van der Waals surface area contributed by atoms with Crippen molar-refractivity contribution in [1.29, 1.82) is 0 Å². The fraction of sp³-hybridized carbons (Fsp3) is 0.364. The molecule has 15 heavy (non-hydrogen) atoms. The van der Waals surface area contributed by atoms with E-state index in [9.17, 15) is 8.42 Å². The highest BCUT2D eigenvalue weighted by Crippen LogP contribution is 2.22. The third-order valence-electron chi connectivity index (χ3n) is 2.66. The van der Waals surface area contributed by atoms with Gasteiger partial charge in [0.05, 0.1) is 4.90 Å². The average molecular weight is 223 g/mol. The molecule has 80 valence electrons. The maximum Gasteiger partial charge on any atom is 0.186 e. The molecule has 0 N–H and O–H groups in total. The summed E-state index contributed by atoms with van der Waals surface area (Å²) in [6, 6.07) is 8.58. The number of hydrogen-bond donors (Lipinski definition) is 0. The summed E-state index contributed by atoms with van der Waals surface area (Å²) in [4.78, 5) is 4.54. The summed E-state index contributed by atoms with van der Waals surface area (Å²) in [5.41, 5.74) is 0.735. The minimum absolute atomic E-state index is 0.395. The molecule has 3 nitrogen and oxygen atoms in total. The number of rotatable bonds is 2. The van der Waals surface area contributed by atoms with Gasteiger partial charge >= 0.3 is 0 Å². The van der Waals surface area contributed by atoms with E-state index >= 15 is 0 Å². The molecule has 1 aromatic carbocycles. The molecule has 0 saturated heterocycles. The quantitative estimate of drug-likeness (QED) is 0.766. The zero-order valence-electron chi connectivity index (χ0n) is 8.55. The van der Waals surface area contributed by atoms with Gasteiger partial charge in [0.2, 0.25) is 0 Å². The van der Waals surface area contributed by atoms with Crippen LogP contribution in [0, 0.1) is 0 Å². The second kappa shape index (κ2) is 3.77. The van der Waals surface area contributed by atoms with E-state index in [1.165, 1.54) is 0 Å². The highest BCUT2D eigenvalue weighted by Gasteiger charge is 2.32. The van der Waals surface area contributed by atoms with E-state index in [-0.39, 0.29) is 0 Å². The van der Waals surface area contributed by atoms with Gasteiger partial charge in [0.15, 0.2) is 9.84 Å². The molecule has 1 atom stereocenters. The van der Waals surface area contributed by atoms with E-state index in [0.29, 0.717) is 17.9 Å². The van der Waals surface area contributed by atoms with E-state index in [1.807, 2.05) is 6.07 Å². The first-order chi connectivity index (χ1) is 7.12. The number of hydrogen-bond acceptors (Lipinski definition) is 3. The fourth-order valence-electron chi connectivity index (χ4n) is 1.82. The van der Waals surface area contributed by atoms with Crippen molar-refractivity contribution in [3.8, 4) is 0 Å². The van der Waals surface area contributed by atoms with E-state index in [4.69, 9.17) is 0 Å². The summed E-state index contributed by atoms with van der Waals surface area (Å²) in [6.07, 6.45) is 0.614. The second-order valence-electron chi connectivity index (χ2n) is 3.66. The molecular weight excluding hydrogens is 210 g/mol. The highest BCUT2D eigenvalue weighted by atomic mass is 32.2. The molecule has 0 aliphatic carbocycles. The largest absolute Gasteiger partial charge is 0.293 e. The Morgan fingerprint density at radius 2 is 1.93 bits per heavy atom. The first-order valence-corrected chi connectivity index (χ1v) is 6.47. The lowest BCUT2D eigenvalue weighted by atomic mass is 10.3. The zero-order chi connectivity index (χ0) is 10.9. The summed E-state index contributed by atoms with van der Waals surface area (Å²) < 4.78 is 24.3. The van der Waals surface area contributed by atoms with Crippen molar-refractivity contribution in [1.82, 2.24) is 0 Å². The van der Waals surface area contributed by atoms with Crippen LogP contribution in [0.1, 0.15) is 13.3 Å². The zero-order valence-corrected chi connectivity index (χ0v) is 9.37. The normalized spacial score (nSPS) is 21.4. The number of nitrogens with zero attached hydrogens (tertiary/aromatic N) is 1. The minimum atomic E-state index is -3.22. The van der Waals surface area contributed by atoms with Crippen LogP contribution < -0.4 is 0 Å². The maximum atomic E-state index is 12.2. The number of aliphatic imine (C=N–C) groups is 1. The molecule has 0 bridgehead atoms. The highest BCUT2D eigenvalue weighted by molar-refractivity contribution is 7.92. The number of benzene rings is 1. The van der Waals surface area contributed by atoms with Crippen LogP contribution in [0.25, 0.3) is 0 Å². The predicted octanol–water partition coefficient (Wildman–Crippen LogP) is 1.69. The van der Waals surface area contributed by atoms with E-state index in [0.717, 1.165) is 5.71 Å². The van der Waals surface area contributed by atoms with Crippen LogP contribution in [-0.4, -0.2) is 25.9 Å². The average Bonchev–Trinajstić information content (AvgIpc) is 2.66. The lowest BCUT2D eigenvalue weighted by molar-refractivity contribution is 0.589. The molecule has 1 aromatic rings. The molecule has 2 rings (SSSR count). The third kappa shape index (κ3) is 1.81. The monoisotopic (exact) mass is 223 g/mol. The Morgan fingerprint density at radius 3 is 2.47 bits per heavy atom. The summed E-state index contributed by atoms with van der Waals surface area (Å²) in [5, 5.41) is -0.417. The molecule has 0 radical (unpaired) electrons. The van der Waals surface area contributed by atoms with Crippen LogP contribution in [0.5, 0.6) is 0 Å². The molecule has 1 aliphatic heterocycles. The van der Waals surface area contributed by atoms with E-state index in [1.54, 1.807) is 31.2 Å². The Bertz CT molecular complexity index is 477. The van der Waals surface area contributed by atoms with Crippen molar-refractivity contribution in [2.75, 3.05) is 6.54 Å². The Labute approximate surface area is 89.8 Å². The van der Waals surface area contributed by atoms with E-state index in [2.05, 4.69) is 4.99 Å². The Balaban J connectivity index is 2.41. The van der Waals surface area contributed by atoms with Crippen molar-refractivity contribution in [3.05, 3.63) is 30.3 Å². The SMILES string of the molecule is CC1=NCCC1S(=O)(=O)c1ccccc1. The molecule has 1 unspecified atom stereocenters. The van der Waals surface area contributed by atoms with Gasteiger partial charge in [-0.3, -0.25) is 4.99 Å². The lowest BCUT2D eigenvalue weighted by Gasteiger charge is -2.11.